The van der Waals surface area contributed by atoms with Gasteiger partial charge in [-0.05, 0) is 283 Å². The second-order valence-corrected chi connectivity index (χ2v) is 30.5. The minimum atomic E-state index is -0.472. The molecular formula is C73H86Br4Cl3F4N13. The highest BCUT2D eigenvalue weighted by Gasteiger charge is 2.32. The van der Waals surface area contributed by atoms with Gasteiger partial charge in [0.2, 0.25) is 0 Å². The number of aromatic nitrogens is 5. The molecule has 0 atom stereocenters. The summed E-state index contributed by atoms with van der Waals surface area (Å²) in [6.45, 7) is 12.5. The van der Waals surface area contributed by atoms with Gasteiger partial charge in [0.1, 0.15) is 21.3 Å². The molecular weight excluding hydrogens is 1560 g/mol. The third-order valence-corrected chi connectivity index (χ3v) is 22.7. The Morgan fingerprint density at radius 3 is 1.30 bits per heavy atom. The van der Waals surface area contributed by atoms with Crippen molar-refractivity contribution in [2.24, 2.45) is 0 Å². The average molecular weight is 1650 g/mol. The number of aryl methyl sites for hydroxylation is 3. The number of hydrogen-bond acceptors (Lipinski definition) is 13. The van der Waals surface area contributed by atoms with Crippen molar-refractivity contribution in [3.05, 3.63) is 159 Å². The van der Waals surface area contributed by atoms with E-state index in [1.54, 1.807) is 42.9 Å². The van der Waals surface area contributed by atoms with Crippen LogP contribution >= 0.6 is 98.5 Å². The van der Waals surface area contributed by atoms with Gasteiger partial charge in [0, 0.05) is 135 Å². The summed E-state index contributed by atoms with van der Waals surface area (Å²) in [5, 5.41) is 14.2. The molecule has 0 unspecified atom stereocenters. The Labute approximate surface area is 616 Å². The zero-order chi connectivity index (χ0) is 70.3. The van der Waals surface area contributed by atoms with Crippen LogP contribution in [0.1, 0.15) is 113 Å². The first-order valence-electron chi connectivity index (χ1n) is 33.0. The fourth-order valence-corrected chi connectivity index (χ4v) is 16.5. The van der Waals surface area contributed by atoms with E-state index >= 15 is 8.78 Å². The highest BCUT2D eigenvalue weighted by atomic mass is 79.9. The van der Waals surface area contributed by atoms with Crippen molar-refractivity contribution in [2.45, 2.75) is 154 Å². The topological polar surface area (TPSA) is 131 Å². The maximum atomic E-state index is 15.7. The molecule has 0 bridgehead atoms. The van der Waals surface area contributed by atoms with E-state index in [9.17, 15) is 8.78 Å². The Morgan fingerprint density at radius 1 is 0.474 bits per heavy atom. The van der Waals surface area contributed by atoms with Crippen molar-refractivity contribution in [2.75, 3.05) is 81.5 Å². The number of benzene rings is 4. The summed E-state index contributed by atoms with van der Waals surface area (Å²) in [5.41, 5.74) is 11.9. The summed E-state index contributed by atoms with van der Waals surface area (Å²) in [6.07, 6.45) is 19.7. The molecule has 9 aromatic rings. The molecule has 0 amide bonds. The van der Waals surface area contributed by atoms with Gasteiger partial charge >= 0.3 is 0 Å². The summed E-state index contributed by atoms with van der Waals surface area (Å²) in [7, 11) is 12.8. The van der Waals surface area contributed by atoms with E-state index in [0.29, 0.717) is 93.5 Å². The van der Waals surface area contributed by atoms with E-state index in [1.807, 2.05) is 38.1 Å². The van der Waals surface area contributed by atoms with Crippen LogP contribution in [0.5, 0.6) is 0 Å². The van der Waals surface area contributed by atoms with Crippen LogP contribution < -0.4 is 26.2 Å². The minimum absolute atomic E-state index is 0.0821. The first-order valence-corrected chi connectivity index (χ1v) is 37.3. The van der Waals surface area contributed by atoms with Crippen LogP contribution in [0.15, 0.2) is 97.3 Å². The van der Waals surface area contributed by atoms with Crippen molar-refractivity contribution in [3.8, 4) is 0 Å². The summed E-state index contributed by atoms with van der Waals surface area (Å²) in [5.74, 6) is -0.391. The quantitative estimate of drug-likeness (QED) is 0.0543. The number of halogens is 11. The molecule has 13 nitrogen and oxygen atoms in total. The molecule has 5 aromatic heterocycles. The van der Waals surface area contributed by atoms with Crippen molar-refractivity contribution in [1.29, 1.82) is 0 Å². The molecule has 3 fully saturated rings. The second kappa shape index (κ2) is 34.2. The smallest absolute Gasteiger partial charge is 0.161 e. The molecule has 0 spiro atoms. The number of nitrogen functional groups attached to an aromatic ring is 1. The second-order valence-electron chi connectivity index (χ2n) is 26.1. The molecule has 3 saturated carbocycles. The molecule has 3 aliphatic carbocycles. The number of pyridine rings is 5. The van der Waals surface area contributed by atoms with Crippen LogP contribution in [0, 0.1) is 44.0 Å². The average Bonchev–Trinajstić information content (AvgIpc) is 0.774. The third-order valence-electron chi connectivity index (χ3n) is 19.5. The Morgan fingerprint density at radius 2 is 0.845 bits per heavy atom. The normalized spacial score (nSPS) is 18.8. The van der Waals surface area contributed by atoms with E-state index in [-0.39, 0.29) is 33.7 Å². The van der Waals surface area contributed by atoms with Gasteiger partial charge in [0.25, 0.3) is 0 Å². The summed E-state index contributed by atoms with van der Waals surface area (Å²) >= 11 is 31.5. The number of rotatable bonds is 14. The maximum Gasteiger partial charge on any atom is 0.161 e. The standard InChI is InChI=1S/C28H37BrFN5.C19H24BrClFN3.C17H20BrClFN3.C9H5BrClFN2/c1-7-35(21-10-8-20(9-11-21)34(5)6)27-22-12-13-31-28(23(22)15-25(29)26(27)30)32-16-24-17(2)14-18(3)33-19(24)4;1-4-25(13-7-5-12(6-8-13)24(2)3)18-14-9-10-23-19(21)15(14)11-16(20)17(18)22;1-23(2)11-5-3-10(4-6-11)22-16-12-7-8-21-17(19)13(12)9-14(18)15(16)20;10-6-3-5-4(8(13)7(6)12)1-2-14-9(5)11/h12-15,20-21H,7-11,16H2,1-6H3,(H,31,32);9-13H,4-8H2,1-3H3;7-11,22H,3-6H2,1-2H3;1-3H,13H2. The number of nitrogens with one attached hydrogen (secondary N) is 2. The van der Waals surface area contributed by atoms with Gasteiger partial charge in [-0.3, -0.25) is 4.98 Å². The SMILES string of the molecule is CCN(c1c(F)c(Br)cc2c(Cl)nccc12)C1CCC(N(C)C)CC1.CCN(c1c(F)c(Br)cc2c(NCc3c(C)cc(C)nc3C)nccc12)C1CCC(N(C)C)CC1.CN(C)C1CCC(Nc2c(F)c(Br)cc3c(Cl)nccc23)CC1.Nc1c(F)c(Br)cc2c(Cl)nccc12. The van der Waals surface area contributed by atoms with Gasteiger partial charge in [-0.15, -0.1) is 0 Å². The highest BCUT2D eigenvalue weighted by Crippen LogP contribution is 2.44. The molecule has 24 heteroatoms. The molecule has 3 aliphatic rings. The number of anilines is 5. The first-order chi connectivity index (χ1) is 46.2. The van der Waals surface area contributed by atoms with E-state index in [4.69, 9.17) is 40.5 Å². The van der Waals surface area contributed by atoms with Crippen molar-refractivity contribution < 1.29 is 17.6 Å². The summed E-state index contributed by atoms with van der Waals surface area (Å²) in [6, 6.07) is 19.0. The van der Waals surface area contributed by atoms with Crippen LogP contribution in [-0.2, 0) is 6.54 Å². The Hall–Kier alpha value is -4.94. The van der Waals surface area contributed by atoms with Crippen LogP contribution in [0.3, 0.4) is 0 Å². The number of nitrogens with zero attached hydrogens (tertiary/aromatic N) is 10. The summed E-state index contributed by atoms with van der Waals surface area (Å²) in [4.78, 5) is 32.8. The van der Waals surface area contributed by atoms with Gasteiger partial charge in [-0.1, -0.05) is 34.8 Å². The minimum Gasteiger partial charge on any atom is -0.396 e. The molecule has 0 radical (unpaired) electrons. The van der Waals surface area contributed by atoms with Gasteiger partial charge < -0.3 is 40.9 Å². The van der Waals surface area contributed by atoms with Gasteiger partial charge in [-0.2, -0.15) is 0 Å². The molecule has 0 saturated heterocycles. The van der Waals surface area contributed by atoms with E-state index < -0.39 is 5.82 Å². The molecule has 12 rings (SSSR count). The monoisotopic (exact) mass is 1640 g/mol. The lowest BCUT2D eigenvalue weighted by Crippen LogP contribution is -2.42. The van der Waals surface area contributed by atoms with E-state index in [2.05, 4.69) is 193 Å². The lowest BCUT2D eigenvalue weighted by atomic mass is 9.89. The first kappa shape index (κ1) is 76.2. The van der Waals surface area contributed by atoms with Gasteiger partial charge in [0.05, 0.1) is 40.6 Å². The van der Waals surface area contributed by atoms with Crippen LogP contribution in [0.2, 0.25) is 15.5 Å². The molecule has 4 aromatic carbocycles. The number of fused-ring (bicyclic) bond motifs is 4. The lowest BCUT2D eigenvalue weighted by Gasteiger charge is -2.40. The molecule has 5 heterocycles. The third kappa shape index (κ3) is 17.7. The fraction of sp³-hybridized carbons (Fsp3) is 0.438. The van der Waals surface area contributed by atoms with Gasteiger partial charge in [-0.25, -0.2) is 37.5 Å². The van der Waals surface area contributed by atoms with Crippen molar-refractivity contribution in [1.82, 2.24) is 39.6 Å². The maximum absolute atomic E-state index is 15.7. The van der Waals surface area contributed by atoms with Gasteiger partial charge in [0.15, 0.2) is 23.3 Å². The molecule has 97 heavy (non-hydrogen) atoms. The highest BCUT2D eigenvalue weighted by molar-refractivity contribution is 9.11. The number of nitrogens with two attached hydrogens (primary N) is 1. The van der Waals surface area contributed by atoms with Crippen molar-refractivity contribution >= 4 is 170 Å². The van der Waals surface area contributed by atoms with E-state index in [0.717, 1.165) is 140 Å². The van der Waals surface area contributed by atoms with Crippen LogP contribution in [-0.4, -0.2) is 131 Å². The predicted molar refractivity (Wildman–Crippen MR) is 412 cm³/mol. The Kier molecular flexibility index (Phi) is 26.8. The Bertz CT molecular complexity index is 4220. The van der Waals surface area contributed by atoms with Crippen LogP contribution in [0.25, 0.3) is 43.1 Å². The zero-order valence-corrected chi connectivity index (χ0v) is 65.4. The molecule has 520 valence electrons. The predicted octanol–water partition coefficient (Wildman–Crippen LogP) is 20.7. The largest absolute Gasteiger partial charge is 0.396 e. The fourth-order valence-electron chi connectivity index (χ4n) is 14.2. The van der Waals surface area contributed by atoms with Crippen LogP contribution in [0.4, 0.5) is 46.1 Å². The van der Waals surface area contributed by atoms with Crippen molar-refractivity contribution in [3.63, 3.8) is 0 Å². The molecule has 0 aliphatic heterocycles. The Balaban J connectivity index is 0.000000158. The number of hydrogen-bond donors (Lipinski definition) is 3. The van der Waals surface area contributed by atoms with E-state index in [1.165, 1.54) is 17.3 Å². The zero-order valence-electron chi connectivity index (χ0n) is 56.8. The summed E-state index contributed by atoms with van der Waals surface area (Å²) < 4.78 is 60.4. The molecule has 4 N–H and O–H groups in total. The lowest BCUT2D eigenvalue weighted by molar-refractivity contribution is 0.214.